The Morgan fingerprint density at radius 3 is 2.73 bits per heavy atom. The molecule has 1 aliphatic rings. The average molecular weight is 330 g/mol. The van der Waals surface area contributed by atoms with Gasteiger partial charge in [-0.05, 0) is 33.8 Å². The molecule has 0 aliphatic carbocycles. The second-order valence-corrected chi connectivity index (χ2v) is 6.76. The van der Waals surface area contributed by atoms with Crippen LogP contribution in [0.1, 0.15) is 27.7 Å². The molecule has 1 saturated heterocycles. The minimum Gasteiger partial charge on any atom is -0.444 e. The fourth-order valence-electron chi connectivity index (χ4n) is 2.42. The molecule has 1 fully saturated rings. The number of hydrogen-bond donors (Lipinski definition) is 0. The monoisotopic (exact) mass is 329 g/mol. The van der Waals surface area contributed by atoms with E-state index in [1.54, 1.807) is 11.0 Å². The summed E-state index contributed by atoms with van der Waals surface area (Å²) in [5, 5.41) is -0.139. The molecule has 0 aromatic carbocycles. The zero-order valence-electron chi connectivity index (χ0n) is 13.3. The number of halogens is 2. The van der Waals surface area contributed by atoms with Crippen molar-refractivity contribution in [2.45, 2.75) is 39.3 Å². The number of carbonyl (C=O) groups excluding carboxylic acids is 1. The number of ether oxygens (including phenoxy) is 1. The van der Waals surface area contributed by atoms with Crippen LogP contribution in [0.5, 0.6) is 0 Å². The van der Waals surface area contributed by atoms with Crippen LogP contribution in [0.2, 0.25) is 5.15 Å². The smallest absolute Gasteiger partial charge is 0.410 e. The van der Waals surface area contributed by atoms with Crippen LogP contribution in [0, 0.1) is 5.82 Å². The van der Waals surface area contributed by atoms with Crippen LogP contribution in [-0.2, 0) is 4.74 Å². The molecule has 2 heterocycles. The highest BCUT2D eigenvalue weighted by Gasteiger charge is 2.31. The second kappa shape index (κ2) is 6.28. The Labute approximate surface area is 135 Å². The van der Waals surface area contributed by atoms with Crippen molar-refractivity contribution in [3.63, 3.8) is 0 Å². The molecule has 7 heteroatoms. The van der Waals surface area contributed by atoms with E-state index in [1.165, 1.54) is 6.20 Å². The van der Waals surface area contributed by atoms with Crippen molar-refractivity contribution in [3.05, 3.63) is 23.2 Å². The summed E-state index contributed by atoms with van der Waals surface area (Å²) in [6.45, 7) is 8.91. The predicted molar refractivity (Wildman–Crippen MR) is 83.8 cm³/mol. The summed E-state index contributed by atoms with van der Waals surface area (Å²) in [5.41, 5.74) is -0.116. The van der Waals surface area contributed by atoms with Gasteiger partial charge in [-0.1, -0.05) is 11.6 Å². The van der Waals surface area contributed by atoms with E-state index in [0.717, 1.165) is 0 Å². The highest BCUT2D eigenvalue weighted by molar-refractivity contribution is 6.29. The Balaban J connectivity index is 2.07. The first-order chi connectivity index (χ1) is 10.2. The normalized spacial score (nSPS) is 19.3. The van der Waals surface area contributed by atoms with E-state index in [2.05, 4.69) is 4.98 Å². The molecule has 0 N–H and O–H groups in total. The molecule has 1 amide bonds. The van der Waals surface area contributed by atoms with Gasteiger partial charge in [-0.2, -0.15) is 0 Å². The zero-order valence-corrected chi connectivity index (χ0v) is 14.0. The van der Waals surface area contributed by atoms with E-state index in [-0.39, 0.29) is 17.3 Å². The molecular weight excluding hydrogens is 309 g/mol. The lowest BCUT2D eigenvalue weighted by molar-refractivity contribution is 0.0159. The van der Waals surface area contributed by atoms with Crippen LogP contribution in [0.25, 0.3) is 0 Å². The van der Waals surface area contributed by atoms with E-state index in [1.807, 2.05) is 32.6 Å². The first kappa shape index (κ1) is 16.8. The van der Waals surface area contributed by atoms with Gasteiger partial charge in [0.25, 0.3) is 0 Å². The summed E-state index contributed by atoms with van der Waals surface area (Å²) < 4.78 is 19.4. The quantitative estimate of drug-likeness (QED) is 0.741. The van der Waals surface area contributed by atoms with Crippen LogP contribution < -0.4 is 4.90 Å². The van der Waals surface area contributed by atoms with Gasteiger partial charge in [0.1, 0.15) is 5.60 Å². The summed E-state index contributed by atoms with van der Waals surface area (Å²) in [6.07, 6.45) is 1.14. The molecule has 22 heavy (non-hydrogen) atoms. The first-order valence-corrected chi connectivity index (χ1v) is 7.61. The van der Waals surface area contributed by atoms with Gasteiger partial charge >= 0.3 is 6.09 Å². The molecule has 0 saturated carbocycles. The second-order valence-electron chi connectivity index (χ2n) is 6.40. The Morgan fingerprint density at radius 2 is 2.14 bits per heavy atom. The van der Waals surface area contributed by atoms with E-state index in [4.69, 9.17) is 16.3 Å². The van der Waals surface area contributed by atoms with Crippen molar-refractivity contribution in [1.82, 2.24) is 9.88 Å². The van der Waals surface area contributed by atoms with E-state index >= 15 is 0 Å². The molecule has 0 spiro atoms. The minimum atomic E-state index is -0.529. The lowest BCUT2D eigenvalue weighted by Crippen LogP contribution is -2.55. The van der Waals surface area contributed by atoms with Crippen LogP contribution in [0.4, 0.5) is 14.9 Å². The van der Waals surface area contributed by atoms with Crippen LogP contribution in [0.15, 0.2) is 12.3 Å². The lowest BCUT2D eigenvalue weighted by atomic mass is 10.1. The number of piperazine rings is 1. The molecule has 122 valence electrons. The summed E-state index contributed by atoms with van der Waals surface area (Å²) in [5.74, 6) is -0.526. The molecule has 1 aromatic heterocycles. The van der Waals surface area contributed by atoms with Gasteiger partial charge < -0.3 is 14.5 Å². The standard InChI is InChI=1S/C15H21ClFN3O2/c1-10-9-19(11-5-6-18-13(16)12(11)17)7-8-20(10)14(21)22-15(2,3)4/h5-6,10H,7-9H2,1-4H3/t10-/m0/s1. The largest absolute Gasteiger partial charge is 0.444 e. The number of nitrogens with zero attached hydrogens (tertiary/aromatic N) is 3. The average Bonchev–Trinajstić information content (AvgIpc) is 2.39. The molecule has 1 atom stereocenters. The number of carbonyl (C=O) groups is 1. The number of hydrogen-bond acceptors (Lipinski definition) is 4. The van der Waals surface area contributed by atoms with Crippen molar-refractivity contribution in [2.75, 3.05) is 24.5 Å². The summed E-state index contributed by atoms with van der Waals surface area (Å²) >= 11 is 5.72. The fraction of sp³-hybridized carbons (Fsp3) is 0.600. The highest BCUT2D eigenvalue weighted by atomic mass is 35.5. The Morgan fingerprint density at radius 1 is 1.45 bits per heavy atom. The summed E-state index contributed by atoms with van der Waals surface area (Å²) in [4.78, 5) is 19.4. The molecule has 1 aliphatic heterocycles. The Hall–Kier alpha value is -1.56. The highest BCUT2D eigenvalue weighted by Crippen LogP contribution is 2.26. The minimum absolute atomic E-state index is 0.0880. The van der Waals surface area contributed by atoms with Gasteiger partial charge in [0, 0.05) is 31.9 Å². The maximum Gasteiger partial charge on any atom is 0.410 e. The Kier molecular flexibility index (Phi) is 4.80. The summed E-state index contributed by atoms with van der Waals surface area (Å²) in [6, 6.07) is 1.51. The predicted octanol–water partition coefficient (Wildman–Crippen LogP) is 3.32. The molecule has 2 rings (SSSR count). The van der Waals surface area contributed by atoms with Crippen LogP contribution >= 0.6 is 11.6 Å². The maximum atomic E-state index is 14.1. The van der Waals surface area contributed by atoms with Gasteiger partial charge in [0.2, 0.25) is 0 Å². The molecule has 0 radical (unpaired) electrons. The Bertz CT molecular complexity index is 562. The molecule has 1 aromatic rings. The van der Waals surface area contributed by atoms with Gasteiger partial charge in [-0.25, -0.2) is 14.2 Å². The van der Waals surface area contributed by atoms with Crippen molar-refractivity contribution in [3.8, 4) is 0 Å². The third-order valence-corrected chi connectivity index (χ3v) is 3.69. The topological polar surface area (TPSA) is 45.7 Å². The van der Waals surface area contributed by atoms with E-state index in [0.29, 0.717) is 25.3 Å². The molecule has 0 bridgehead atoms. The van der Waals surface area contributed by atoms with Gasteiger partial charge in [0.05, 0.1) is 5.69 Å². The molecule has 0 unspecified atom stereocenters. The number of pyridine rings is 1. The number of anilines is 1. The number of aromatic nitrogens is 1. The first-order valence-electron chi connectivity index (χ1n) is 7.23. The van der Waals surface area contributed by atoms with Gasteiger partial charge in [0.15, 0.2) is 11.0 Å². The molecule has 5 nitrogen and oxygen atoms in total. The lowest BCUT2D eigenvalue weighted by Gasteiger charge is -2.41. The van der Waals surface area contributed by atoms with E-state index in [9.17, 15) is 9.18 Å². The number of rotatable bonds is 1. The SMILES string of the molecule is C[C@H]1CN(c2ccnc(Cl)c2F)CCN1C(=O)OC(C)(C)C. The third-order valence-electron chi connectivity index (χ3n) is 3.42. The van der Waals surface area contributed by atoms with Crippen molar-refractivity contribution < 1.29 is 13.9 Å². The van der Waals surface area contributed by atoms with Crippen molar-refractivity contribution in [1.29, 1.82) is 0 Å². The third kappa shape index (κ3) is 3.80. The summed E-state index contributed by atoms with van der Waals surface area (Å²) in [7, 11) is 0. The molecular formula is C15H21ClFN3O2. The maximum absolute atomic E-state index is 14.1. The number of amides is 1. The van der Waals surface area contributed by atoms with Gasteiger partial charge in [-0.3, -0.25) is 0 Å². The fourth-order valence-corrected chi connectivity index (χ4v) is 2.57. The van der Waals surface area contributed by atoms with Crippen LogP contribution in [-0.4, -0.2) is 47.3 Å². The van der Waals surface area contributed by atoms with E-state index < -0.39 is 11.4 Å². The zero-order chi connectivity index (χ0) is 16.5. The van der Waals surface area contributed by atoms with Crippen LogP contribution in [0.3, 0.4) is 0 Å². The van der Waals surface area contributed by atoms with Crippen molar-refractivity contribution in [2.24, 2.45) is 0 Å². The van der Waals surface area contributed by atoms with Gasteiger partial charge in [-0.15, -0.1) is 0 Å². The van der Waals surface area contributed by atoms with Crippen molar-refractivity contribution >= 4 is 23.4 Å².